The van der Waals surface area contributed by atoms with E-state index in [0.717, 1.165) is 11.8 Å². The highest BCUT2D eigenvalue weighted by Crippen LogP contribution is 2.24. The fourth-order valence-corrected chi connectivity index (χ4v) is 1.76. The molecule has 4 nitrogen and oxygen atoms in total. The number of hydrogen-bond acceptors (Lipinski definition) is 4. The van der Waals surface area contributed by atoms with E-state index >= 15 is 0 Å². The van der Waals surface area contributed by atoms with Gasteiger partial charge < -0.3 is 15.4 Å². The van der Waals surface area contributed by atoms with Gasteiger partial charge in [0.05, 0.1) is 6.10 Å². The monoisotopic (exact) mass is 293 g/mol. The molecule has 1 heterocycles. The van der Waals surface area contributed by atoms with Gasteiger partial charge in [0.15, 0.2) is 23.3 Å². The van der Waals surface area contributed by atoms with Crippen molar-refractivity contribution in [3.05, 3.63) is 42.0 Å². The van der Waals surface area contributed by atoms with Crippen molar-refractivity contribution in [2.45, 2.75) is 20.0 Å². The molecule has 0 fully saturated rings. The van der Waals surface area contributed by atoms with Crippen LogP contribution in [-0.2, 0) is 0 Å². The van der Waals surface area contributed by atoms with Crippen LogP contribution in [0.1, 0.15) is 13.8 Å². The average molecular weight is 293 g/mol. The molecule has 0 amide bonds. The maximum Gasteiger partial charge on any atom is 0.169 e. The van der Waals surface area contributed by atoms with Crippen molar-refractivity contribution < 1.29 is 13.5 Å². The van der Waals surface area contributed by atoms with Gasteiger partial charge in [-0.25, -0.2) is 13.8 Å². The van der Waals surface area contributed by atoms with Gasteiger partial charge in [-0.15, -0.1) is 0 Å². The predicted molar refractivity (Wildman–Crippen MR) is 79.2 cm³/mol. The lowest BCUT2D eigenvalue weighted by molar-refractivity contribution is 0.242. The van der Waals surface area contributed by atoms with E-state index in [9.17, 15) is 8.78 Å². The van der Waals surface area contributed by atoms with Crippen LogP contribution in [0.3, 0.4) is 0 Å². The number of hydrogen-bond donors (Lipinski definition) is 2. The highest BCUT2D eigenvalue weighted by molar-refractivity contribution is 5.59. The molecule has 2 rings (SSSR count). The lowest BCUT2D eigenvalue weighted by atomic mass is 10.3. The molecule has 0 radical (unpaired) electrons. The minimum Gasteiger partial charge on any atom is -0.491 e. The van der Waals surface area contributed by atoms with Crippen LogP contribution in [0, 0.1) is 11.6 Å². The molecule has 1 aromatic heterocycles. The Kier molecular flexibility index (Phi) is 4.57. The number of rotatable bonds is 5. The standard InChI is InChI=1S/C15H17F2N3O/c1-9(2)21-11-6-4-10(5-7-11)19-15-13(17)8-12(16)14(18-3)20-15/h4-9H,1-3H3,(H2,18,19,20). The van der Waals surface area contributed by atoms with Gasteiger partial charge in [-0.3, -0.25) is 0 Å². The van der Waals surface area contributed by atoms with Crippen LogP contribution < -0.4 is 15.4 Å². The quantitative estimate of drug-likeness (QED) is 0.876. The summed E-state index contributed by atoms with van der Waals surface area (Å²) < 4.78 is 32.5. The third-order valence-corrected chi connectivity index (χ3v) is 2.66. The Hall–Kier alpha value is -2.37. The van der Waals surface area contributed by atoms with E-state index in [2.05, 4.69) is 15.6 Å². The number of ether oxygens (including phenoxy) is 1. The maximum atomic E-state index is 13.7. The smallest absolute Gasteiger partial charge is 0.169 e. The van der Waals surface area contributed by atoms with Crippen molar-refractivity contribution in [2.24, 2.45) is 0 Å². The minimum atomic E-state index is -0.756. The van der Waals surface area contributed by atoms with Crippen LogP contribution in [0.4, 0.5) is 26.1 Å². The van der Waals surface area contributed by atoms with E-state index in [-0.39, 0.29) is 17.7 Å². The second kappa shape index (κ2) is 6.39. The van der Waals surface area contributed by atoms with Crippen LogP contribution >= 0.6 is 0 Å². The third kappa shape index (κ3) is 3.81. The molecule has 1 aromatic carbocycles. The first-order chi connectivity index (χ1) is 9.99. The zero-order valence-electron chi connectivity index (χ0n) is 12.1. The maximum absolute atomic E-state index is 13.7. The lowest BCUT2D eigenvalue weighted by Gasteiger charge is -2.12. The van der Waals surface area contributed by atoms with E-state index < -0.39 is 11.6 Å². The van der Waals surface area contributed by atoms with Crippen molar-refractivity contribution in [3.8, 4) is 5.75 Å². The number of nitrogens with zero attached hydrogens (tertiary/aromatic N) is 1. The molecule has 2 N–H and O–H groups in total. The number of halogens is 2. The van der Waals surface area contributed by atoms with E-state index in [1.54, 1.807) is 24.3 Å². The Balaban J connectivity index is 2.18. The summed E-state index contributed by atoms with van der Waals surface area (Å²) in [5.74, 6) is -0.828. The van der Waals surface area contributed by atoms with E-state index in [0.29, 0.717) is 5.69 Å². The molecular weight excluding hydrogens is 276 g/mol. The molecule has 21 heavy (non-hydrogen) atoms. The zero-order chi connectivity index (χ0) is 15.4. The number of nitrogens with one attached hydrogen (secondary N) is 2. The van der Waals surface area contributed by atoms with Gasteiger partial charge in [0.25, 0.3) is 0 Å². The third-order valence-electron chi connectivity index (χ3n) is 2.66. The zero-order valence-corrected chi connectivity index (χ0v) is 12.1. The van der Waals surface area contributed by atoms with Crippen molar-refractivity contribution in [1.82, 2.24) is 4.98 Å². The number of anilines is 3. The molecule has 0 saturated carbocycles. The SMILES string of the molecule is CNc1nc(Nc2ccc(OC(C)C)cc2)c(F)cc1F. The summed E-state index contributed by atoms with van der Waals surface area (Å²) >= 11 is 0. The van der Waals surface area contributed by atoms with Gasteiger partial charge in [-0.2, -0.15) is 0 Å². The molecular formula is C15H17F2N3O. The van der Waals surface area contributed by atoms with Gasteiger partial charge in [-0.1, -0.05) is 0 Å². The Morgan fingerprint density at radius 3 is 2.24 bits per heavy atom. The Morgan fingerprint density at radius 2 is 1.67 bits per heavy atom. The van der Waals surface area contributed by atoms with E-state index in [4.69, 9.17) is 4.74 Å². The molecule has 0 bridgehead atoms. The fraction of sp³-hybridized carbons (Fsp3) is 0.267. The van der Waals surface area contributed by atoms with Crippen LogP contribution in [-0.4, -0.2) is 18.1 Å². The Morgan fingerprint density at radius 1 is 1.05 bits per heavy atom. The van der Waals surface area contributed by atoms with Gasteiger partial charge in [0, 0.05) is 18.8 Å². The predicted octanol–water partition coefficient (Wildman–Crippen LogP) is 3.93. The van der Waals surface area contributed by atoms with Crippen LogP contribution in [0.5, 0.6) is 5.75 Å². The summed E-state index contributed by atoms with van der Waals surface area (Å²) in [5.41, 5.74) is 0.631. The number of pyridine rings is 1. The van der Waals surface area contributed by atoms with E-state index in [1.807, 2.05) is 13.8 Å². The van der Waals surface area contributed by atoms with Crippen molar-refractivity contribution in [3.63, 3.8) is 0 Å². The van der Waals surface area contributed by atoms with Crippen LogP contribution in [0.15, 0.2) is 30.3 Å². The van der Waals surface area contributed by atoms with Gasteiger partial charge >= 0.3 is 0 Å². The number of benzene rings is 1. The van der Waals surface area contributed by atoms with Crippen LogP contribution in [0.25, 0.3) is 0 Å². The van der Waals surface area contributed by atoms with E-state index in [1.165, 1.54) is 7.05 Å². The molecule has 0 unspecified atom stereocenters. The molecule has 0 aliphatic heterocycles. The lowest BCUT2D eigenvalue weighted by Crippen LogP contribution is -2.05. The summed E-state index contributed by atoms with van der Waals surface area (Å²) in [5, 5.41) is 5.37. The highest BCUT2D eigenvalue weighted by atomic mass is 19.1. The average Bonchev–Trinajstić information content (AvgIpc) is 2.43. The number of aromatic nitrogens is 1. The molecule has 0 saturated heterocycles. The Labute approximate surface area is 122 Å². The first kappa shape index (κ1) is 15.0. The van der Waals surface area contributed by atoms with Crippen LogP contribution in [0.2, 0.25) is 0 Å². The van der Waals surface area contributed by atoms with Crippen molar-refractivity contribution in [1.29, 1.82) is 0 Å². The molecule has 112 valence electrons. The van der Waals surface area contributed by atoms with Crippen molar-refractivity contribution in [2.75, 3.05) is 17.7 Å². The normalized spacial score (nSPS) is 10.6. The molecule has 0 atom stereocenters. The summed E-state index contributed by atoms with van der Waals surface area (Å²) in [6.45, 7) is 3.87. The summed E-state index contributed by atoms with van der Waals surface area (Å²) in [6, 6.07) is 7.80. The topological polar surface area (TPSA) is 46.2 Å². The fourth-order valence-electron chi connectivity index (χ4n) is 1.76. The highest BCUT2D eigenvalue weighted by Gasteiger charge is 2.11. The molecule has 0 aliphatic carbocycles. The molecule has 2 aromatic rings. The largest absolute Gasteiger partial charge is 0.491 e. The minimum absolute atomic E-state index is 0.0151. The second-order valence-corrected chi connectivity index (χ2v) is 4.72. The second-order valence-electron chi connectivity index (χ2n) is 4.72. The van der Waals surface area contributed by atoms with Crippen molar-refractivity contribution >= 4 is 17.3 Å². The van der Waals surface area contributed by atoms with Gasteiger partial charge in [-0.05, 0) is 38.1 Å². The van der Waals surface area contributed by atoms with Gasteiger partial charge in [0.2, 0.25) is 0 Å². The van der Waals surface area contributed by atoms with Gasteiger partial charge in [0.1, 0.15) is 5.75 Å². The molecule has 0 spiro atoms. The summed E-state index contributed by atoms with van der Waals surface area (Å²) in [6.07, 6.45) is 0.0817. The Bertz CT molecular complexity index is 615. The first-order valence-corrected chi connectivity index (χ1v) is 6.57. The molecule has 0 aliphatic rings. The molecule has 6 heteroatoms. The summed E-state index contributed by atoms with van der Waals surface area (Å²) in [4.78, 5) is 3.85. The first-order valence-electron chi connectivity index (χ1n) is 6.57. The summed E-state index contributed by atoms with van der Waals surface area (Å²) in [7, 11) is 1.52.